The Bertz CT molecular complexity index is 205. The topological polar surface area (TPSA) is 9.23 Å². The first-order valence-corrected chi connectivity index (χ1v) is 4.82. The van der Waals surface area contributed by atoms with Crippen molar-refractivity contribution in [1.29, 1.82) is 0 Å². The Hall–Kier alpha value is -0.560. The van der Waals surface area contributed by atoms with E-state index in [0.29, 0.717) is 6.10 Å². The minimum absolute atomic E-state index is 0.359. The summed E-state index contributed by atoms with van der Waals surface area (Å²) in [7, 11) is 0. The molecule has 0 spiro atoms. The molecule has 0 amide bonds. The molecule has 0 aromatic heterocycles. The summed E-state index contributed by atoms with van der Waals surface area (Å²) in [6.07, 6.45) is 9.77. The summed E-state index contributed by atoms with van der Waals surface area (Å²) >= 11 is 0. The van der Waals surface area contributed by atoms with Crippen molar-refractivity contribution in [2.45, 2.75) is 31.8 Å². The molecule has 2 aliphatic rings. The molecule has 0 radical (unpaired) electrons. The van der Waals surface area contributed by atoms with Crippen molar-refractivity contribution in [3.05, 3.63) is 24.3 Å². The van der Waals surface area contributed by atoms with E-state index in [1.165, 1.54) is 18.4 Å². The van der Waals surface area contributed by atoms with Crippen LogP contribution in [0.15, 0.2) is 24.3 Å². The third-order valence-corrected chi connectivity index (χ3v) is 2.83. The molecule has 1 aliphatic heterocycles. The van der Waals surface area contributed by atoms with Gasteiger partial charge in [-0.05, 0) is 37.2 Å². The van der Waals surface area contributed by atoms with Crippen molar-refractivity contribution in [2.24, 2.45) is 5.92 Å². The van der Waals surface area contributed by atoms with E-state index < -0.39 is 0 Å². The number of hydrogen-bond donors (Lipinski definition) is 0. The SMILES string of the molecule is C=C1CCOC1CC1C=CCC1. The van der Waals surface area contributed by atoms with Gasteiger partial charge in [0.25, 0.3) is 0 Å². The van der Waals surface area contributed by atoms with Gasteiger partial charge in [-0.25, -0.2) is 0 Å². The molecule has 2 unspecified atom stereocenters. The fraction of sp³-hybridized carbons (Fsp3) is 0.636. The number of rotatable bonds is 2. The second-order valence-corrected chi connectivity index (χ2v) is 3.77. The Morgan fingerprint density at radius 1 is 1.58 bits per heavy atom. The lowest BCUT2D eigenvalue weighted by Crippen LogP contribution is -2.11. The monoisotopic (exact) mass is 164 g/mol. The lowest BCUT2D eigenvalue weighted by Gasteiger charge is -2.14. The molecular weight excluding hydrogens is 148 g/mol. The summed E-state index contributed by atoms with van der Waals surface area (Å²) in [5.74, 6) is 0.754. The van der Waals surface area contributed by atoms with Crippen LogP contribution < -0.4 is 0 Å². The average Bonchev–Trinajstić information content (AvgIpc) is 2.65. The standard InChI is InChI=1S/C11H16O/c1-9-6-7-12-11(9)8-10-4-2-3-5-10/h2,4,10-11H,1,3,5-8H2. The van der Waals surface area contributed by atoms with E-state index in [9.17, 15) is 0 Å². The Morgan fingerprint density at radius 2 is 2.50 bits per heavy atom. The van der Waals surface area contributed by atoms with Gasteiger partial charge < -0.3 is 4.74 Å². The van der Waals surface area contributed by atoms with Gasteiger partial charge in [0.2, 0.25) is 0 Å². The fourth-order valence-electron chi connectivity index (χ4n) is 2.01. The first kappa shape index (κ1) is 8.06. The Balaban J connectivity index is 1.85. The molecule has 1 aliphatic carbocycles. The Morgan fingerprint density at radius 3 is 3.08 bits per heavy atom. The van der Waals surface area contributed by atoms with Crippen LogP contribution in [0, 0.1) is 5.92 Å². The first-order chi connectivity index (χ1) is 5.86. The maximum atomic E-state index is 5.59. The molecular formula is C11H16O. The average molecular weight is 164 g/mol. The number of allylic oxidation sites excluding steroid dienone is 2. The molecule has 1 saturated heterocycles. The van der Waals surface area contributed by atoms with E-state index in [2.05, 4.69) is 18.7 Å². The third-order valence-electron chi connectivity index (χ3n) is 2.83. The molecule has 0 aromatic carbocycles. The molecule has 1 heterocycles. The van der Waals surface area contributed by atoms with Gasteiger partial charge in [0.1, 0.15) is 0 Å². The number of ether oxygens (including phenoxy) is 1. The molecule has 12 heavy (non-hydrogen) atoms. The predicted octanol–water partition coefficient (Wildman–Crippen LogP) is 2.69. The van der Waals surface area contributed by atoms with Crippen LogP contribution in [0.2, 0.25) is 0 Å². The van der Waals surface area contributed by atoms with E-state index in [1.807, 2.05) is 0 Å². The summed E-state index contributed by atoms with van der Waals surface area (Å²) in [4.78, 5) is 0. The highest BCUT2D eigenvalue weighted by molar-refractivity contribution is 5.09. The molecule has 1 nitrogen and oxygen atoms in total. The Kier molecular flexibility index (Phi) is 2.31. The van der Waals surface area contributed by atoms with Gasteiger partial charge in [-0.2, -0.15) is 0 Å². The van der Waals surface area contributed by atoms with E-state index in [1.54, 1.807) is 0 Å². The van der Waals surface area contributed by atoms with Gasteiger partial charge in [0, 0.05) is 0 Å². The first-order valence-electron chi connectivity index (χ1n) is 4.82. The maximum absolute atomic E-state index is 5.59. The summed E-state index contributed by atoms with van der Waals surface area (Å²) in [5, 5.41) is 0. The van der Waals surface area contributed by atoms with Gasteiger partial charge in [0.05, 0.1) is 12.7 Å². The molecule has 0 bridgehead atoms. The second-order valence-electron chi connectivity index (χ2n) is 3.77. The van der Waals surface area contributed by atoms with Crippen molar-refractivity contribution >= 4 is 0 Å². The van der Waals surface area contributed by atoms with E-state index in [-0.39, 0.29) is 0 Å². The lowest BCUT2D eigenvalue weighted by molar-refractivity contribution is 0.109. The smallest absolute Gasteiger partial charge is 0.0789 e. The van der Waals surface area contributed by atoms with Crippen molar-refractivity contribution in [2.75, 3.05) is 6.61 Å². The zero-order valence-electron chi connectivity index (χ0n) is 7.46. The van der Waals surface area contributed by atoms with Gasteiger partial charge in [0.15, 0.2) is 0 Å². The minimum atomic E-state index is 0.359. The summed E-state index contributed by atoms with van der Waals surface area (Å²) in [5.41, 5.74) is 1.30. The van der Waals surface area contributed by atoms with Gasteiger partial charge >= 0.3 is 0 Å². The van der Waals surface area contributed by atoms with Crippen LogP contribution in [-0.2, 0) is 4.74 Å². The zero-order valence-corrected chi connectivity index (χ0v) is 7.46. The van der Waals surface area contributed by atoms with Crippen LogP contribution >= 0.6 is 0 Å². The maximum Gasteiger partial charge on any atom is 0.0789 e. The van der Waals surface area contributed by atoms with Crippen molar-refractivity contribution in [1.82, 2.24) is 0 Å². The second kappa shape index (κ2) is 3.44. The Labute approximate surface area is 74.1 Å². The molecule has 1 heteroatoms. The summed E-state index contributed by atoms with van der Waals surface area (Å²) in [6.45, 7) is 4.92. The van der Waals surface area contributed by atoms with Crippen LogP contribution in [0.5, 0.6) is 0 Å². The molecule has 1 fully saturated rings. The molecule has 0 saturated carbocycles. The van der Waals surface area contributed by atoms with E-state index in [0.717, 1.165) is 25.4 Å². The van der Waals surface area contributed by atoms with Crippen LogP contribution in [0.4, 0.5) is 0 Å². The predicted molar refractivity (Wildman–Crippen MR) is 50.0 cm³/mol. The van der Waals surface area contributed by atoms with E-state index in [4.69, 9.17) is 4.74 Å². The fourth-order valence-corrected chi connectivity index (χ4v) is 2.01. The van der Waals surface area contributed by atoms with Crippen LogP contribution in [-0.4, -0.2) is 12.7 Å². The lowest BCUT2D eigenvalue weighted by atomic mass is 9.97. The molecule has 0 N–H and O–H groups in total. The normalized spacial score (nSPS) is 34.8. The summed E-state index contributed by atoms with van der Waals surface area (Å²) < 4.78 is 5.59. The molecule has 66 valence electrons. The molecule has 0 aromatic rings. The van der Waals surface area contributed by atoms with Crippen molar-refractivity contribution in [3.63, 3.8) is 0 Å². The van der Waals surface area contributed by atoms with Crippen LogP contribution in [0.1, 0.15) is 25.7 Å². The van der Waals surface area contributed by atoms with Crippen LogP contribution in [0.3, 0.4) is 0 Å². The number of hydrogen-bond acceptors (Lipinski definition) is 1. The van der Waals surface area contributed by atoms with Crippen LogP contribution in [0.25, 0.3) is 0 Å². The highest BCUT2D eigenvalue weighted by atomic mass is 16.5. The zero-order chi connectivity index (χ0) is 8.39. The van der Waals surface area contributed by atoms with Crippen molar-refractivity contribution < 1.29 is 4.74 Å². The highest BCUT2D eigenvalue weighted by Crippen LogP contribution is 2.29. The summed E-state index contributed by atoms with van der Waals surface area (Å²) in [6, 6.07) is 0. The van der Waals surface area contributed by atoms with E-state index >= 15 is 0 Å². The minimum Gasteiger partial charge on any atom is -0.374 e. The van der Waals surface area contributed by atoms with Gasteiger partial charge in [-0.1, -0.05) is 18.7 Å². The van der Waals surface area contributed by atoms with Gasteiger partial charge in [-0.3, -0.25) is 0 Å². The van der Waals surface area contributed by atoms with Gasteiger partial charge in [-0.15, -0.1) is 0 Å². The molecule has 2 rings (SSSR count). The third kappa shape index (κ3) is 1.61. The quantitative estimate of drug-likeness (QED) is 0.570. The van der Waals surface area contributed by atoms with Crippen molar-refractivity contribution in [3.8, 4) is 0 Å². The molecule has 2 atom stereocenters. The highest BCUT2D eigenvalue weighted by Gasteiger charge is 2.23. The largest absolute Gasteiger partial charge is 0.374 e.